The summed E-state index contributed by atoms with van der Waals surface area (Å²) in [5, 5.41) is 13.6. The maximum absolute atomic E-state index is 14.9. The van der Waals surface area contributed by atoms with E-state index in [2.05, 4.69) is 5.32 Å². The number of hydrogen-bond donors (Lipinski definition) is 2. The molecule has 3 aromatic rings. The van der Waals surface area contributed by atoms with Gasteiger partial charge in [0.15, 0.2) is 0 Å². The van der Waals surface area contributed by atoms with E-state index in [1.807, 2.05) is 13.0 Å². The van der Waals surface area contributed by atoms with Crippen LogP contribution in [0.5, 0.6) is 5.75 Å². The molecule has 2 saturated heterocycles. The molecule has 2 heterocycles. The Morgan fingerprint density at radius 3 is 2.31 bits per heavy atom. The Hall–Kier alpha value is -4.04. The van der Waals surface area contributed by atoms with Gasteiger partial charge >= 0.3 is 5.97 Å². The number of hydrogen-bond acceptors (Lipinski definition) is 5. The Morgan fingerprint density at radius 1 is 1.00 bits per heavy atom. The van der Waals surface area contributed by atoms with E-state index in [0.29, 0.717) is 23.6 Å². The number of amides is 2. The lowest BCUT2D eigenvalue weighted by Gasteiger charge is -2.31. The molecule has 7 nitrogen and oxygen atoms in total. The van der Waals surface area contributed by atoms with Crippen molar-refractivity contribution in [3.8, 4) is 5.75 Å². The predicted octanol–water partition coefficient (Wildman–Crippen LogP) is 3.74. The minimum Gasteiger partial charge on any atom is -0.494 e. The summed E-state index contributed by atoms with van der Waals surface area (Å²) in [6, 6.07) is 20.3. The van der Waals surface area contributed by atoms with Gasteiger partial charge in [-0.15, -0.1) is 0 Å². The fourth-order valence-corrected chi connectivity index (χ4v) is 5.46. The topological polar surface area (TPSA) is 95.9 Å². The lowest BCUT2D eigenvalue weighted by Crippen LogP contribution is -2.57. The maximum Gasteiger partial charge on any atom is 0.325 e. The molecule has 3 aromatic carbocycles. The van der Waals surface area contributed by atoms with Gasteiger partial charge in [-0.05, 0) is 42.8 Å². The summed E-state index contributed by atoms with van der Waals surface area (Å²) < 4.78 is 20.4. The summed E-state index contributed by atoms with van der Waals surface area (Å²) >= 11 is 0. The van der Waals surface area contributed by atoms with Crippen LogP contribution in [0, 0.1) is 17.7 Å². The standard InChI is InChI=1S/C28H25FN2O5/c1-2-36-19-14-12-18(13-15-19)31-25(32)22-23(26(31)33)28(27(34)35,16-17-8-4-3-5-9-17)30-24(22)20-10-6-7-11-21(20)29/h3-15,22-24,30H,2,16H2,1H3,(H,34,35)/t22-,23+,24-,28-/m0/s1. The SMILES string of the molecule is CCOc1ccc(N2C(=O)[C@@H]3[C@H](c4ccccc4F)N[C@](Cc4ccccc4)(C(=O)O)[C@H]3C2=O)cc1. The van der Waals surface area contributed by atoms with Gasteiger partial charge in [-0.2, -0.15) is 0 Å². The van der Waals surface area contributed by atoms with Crippen LogP contribution in [0.4, 0.5) is 10.1 Å². The number of aliphatic carboxylic acids is 1. The van der Waals surface area contributed by atoms with Crippen molar-refractivity contribution < 1.29 is 28.6 Å². The molecule has 0 aromatic heterocycles. The molecule has 0 radical (unpaired) electrons. The van der Waals surface area contributed by atoms with E-state index in [9.17, 15) is 23.9 Å². The quantitative estimate of drug-likeness (QED) is 0.492. The van der Waals surface area contributed by atoms with Gasteiger partial charge in [0.1, 0.15) is 17.1 Å². The molecular weight excluding hydrogens is 463 g/mol. The van der Waals surface area contributed by atoms with Crippen molar-refractivity contribution in [2.45, 2.75) is 24.9 Å². The molecule has 184 valence electrons. The summed E-state index contributed by atoms with van der Waals surface area (Å²) in [7, 11) is 0. The van der Waals surface area contributed by atoms with Gasteiger partial charge in [-0.3, -0.25) is 19.7 Å². The van der Waals surface area contributed by atoms with Crippen molar-refractivity contribution >= 4 is 23.5 Å². The summed E-state index contributed by atoms with van der Waals surface area (Å²) in [5.74, 6) is -4.79. The van der Waals surface area contributed by atoms with E-state index in [-0.39, 0.29) is 12.0 Å². The van der Waals surface area contributed by atoms with E-state index in [1.165, 1.54) is 18.2 Å². The Bertz CT molecular complexity index is 1310. The third kappa shape index (κ3) is 3.74. The van der Waals surface area contributed by atoms with Gasteiger partial charge < -0.3 is 9.84 Å². The zero-order valence-electron chi connectivity index (χ0n) is 19.6. The van der Waals surface area contributed by atoms with Crippen LogP contribution in [0.25, 0.3) is 0 Å². The number of anilines is 1. The number of halogens is 1. The number of imide groups is 1. The molecule has 4 atom stereocenters. The van der Waals surface area contributed by atoms with Crippen LogP contribution >= 0.6 is 0 Å². The first kappa shape index (κ1) is 23.7. The van der Waals surface area contributed by atoms with Crippen LogP contribution in [-0.2, 0) is 20.8 Å². The average Bonchev–Trinajstić information content (AvgIpc) is 3.35. The van der Waals surface area contributed by atoms with Crippen molar-refractivity contribution in [1.82, 2.24) is 5.32 Å². The van der Waals surface area contributed by atoms with E-state index in [0.717, 1.165) is 4.90 Å². The van der Waals surface area contributed by atoms with Gasteiger partial charge in [0.2, 0.25) is 11.8 Å². The molecule has 0 unspecified atom stereocenters. The van der Waals surface area contributed by atoms with Crippen molar-refractivity contribution in [2.75, 3.05) is 11.5 Å². The van der Waals surface area contributed by atoms with Crippen LogP contribution < -0.4 is 15.0 Å². The first-order valence-electron chi connectivity index (χ1n) is 11.8. The summed E-state index contributed by atoms with van der Waals surface area (Å²) in [4.78, 5) is 41.6. The lowest BCUT2D eigenvalue weighted by atomic mass is 9.76. The third-order valence-corrected chi connectivity index (χ3v) is 7.01. The van der Waals surface area contributed by atoms with Crippen LogP contribution in [0.3, 0.4) is 0 Å². The van der Waals surface area contributed by atoms with Crippen molar-refractivity contribution in [3.63, 3.8) is 0 Å². The van der Waals surface area contributed by atoms with E-state index in [4.69, 9.17) is 4.74 Å². The number of carbonyl (C=O) groups is 3. The zero-order valence-corrected chi connectivity index (χ0v) is 19.6. The van der Waals surface area contributed by atoms with E-state index >= 15 is 0 Å². The molecule has 2 aliphatic rings. The molecule has 0 spiro atoms. The van der Waals surface area contributed by atoms with Gasteiger partial charge in [-0.25, -0.2) is 9.29 Å². The molecule has 0 aliphatic carbocycles. The van der Waals surface area contributed by atoms with E-state index in [1.54, 1.807) is 54.6 Å². The number of benzene rings is 3. The molecule has 0 bridgehead atoms. The highest BCUT2D eigenvalue weighted by Gasteiger charge is 2.68. The molecule has 36 heavy (non-hydrogen) atoms. The molecule has 2 N–H and O–H groups in total. The Morgan fingerprint density at radius 2 is 1.67 bits per heavy atom. The monoisotopic (exact) mass is 488 g/mol. The van der Waals surface area contributed by atoms with Crippen LogP contribution in [0.15, 0.2) is 78.9 Å². The number of carbonyl (C=O) groups excluding carboxylic acids is 2. The summed E-state index contributed by atoms with van der Waals surface area (Å²) in [6.45, 7) is 2.30. The van der Waals surface area contributed by atoms with Crippen molar-refractivity contribution in [3.05, 3.63) is 95.8 Å². The van der Waals surface area contributed by atoms with Crippen LogP contribution in [0.1, 0.15) is 24.1 Å². The molecule has 2 fully saturated rings. The Labute approximate surface area is 207 Å². The summed E-state index contributed by atoms with van der Waals surface area (Å²) in [6.07, 6.45) is -0.0502. The highest BCUT2D eigenvalue weighted by Crippen LogP contribution is 2.51. The summed E-state index contributed by atoms with van der Waals surface area (Å²) in [5.41, 5.74) is -0.668. The lowest BCUT2D eigenvalue weighted by molar-refractivity contribution is -0.148. The highest BCUT2D eigenvalue weighted by molar-refractivity contribution is 6.24. The van der Waals surface area contributed by atoms with E-state index < -0.39 is 47.0 Å². The first-order valence-corrected chi connectivity index (χ1v) is 11.8. The number of nitrogens with one attached hydrogen (secondary N) is 1. The zero-order chi connectivity index (χ0) is 25.4. The second-order valence-electron chi connectivity index (χ2n) is 9.02. The first-order chi connectivity index (χ1) is 17.4. The Kier molecular flexibility index (Phi) is 6.05. The van der Waals surface area contributed by atoms with Crippen molar-refractivity contribution in [1.29, 1.82) is 0 Å². The van der Waals surface area contributed by atoms with Gasteiger partial charge in [0, 0.05) is 18.0 Å². The van der Waals surface area contributed by atoms with Crippen molar-refractivity contribution in [2.24, 2.45) is 11.8 Å². The molecule has 0 saturated carbocycles. The average molecular weight is 489 g/mol. The molecule has 8 heteroatoms. The number of nitrogens with zero attached hydrogens (tertiary/aromatic N) is 1. The Balaban J connectivity index is 1.63. The second kappa shape index (κ2) is 9.20. The number of fused-ring (bicyclic) bond motifs is 1. The third-order valence-electron chi connectivity index (χ3n) is 7.01. The molecule has 2 amide bonds. The minimum atomic E-state index is -1.81. The largest absolute Gasteiger partial charge is 0.494 e. The maximum atomic E-state index is 14.9. The number of ether oxygens (including phenoxy) is 1. The van der Waals surface area contributed by atoms with Gasteiger partial charge in [-0.1, -0.05) is 48.5 Å². The number of carboxylic acid groups (broad SMARTS) is 1. The smallest absolute Gasteiger partial charge is 0.325 e. The normalized spacial score (nSPS) is 25.2. The second-order valence-corrected chi connectivity index (χ2v) is 9.02. The van der Waals surface area contributed by atoms with Crippen LogP contribution in [0.2, 0.25) is 0 Å². The molecular formula is C28H25FN2O5. The van der Waals surface area contributed by atoms with Gasteiger partial charge in [0.05, 0.1) is 24.1 Å². The van der Waals surface area contributed by atoms with Crippen LogP contribution in [-0.4, -0.2) is 35.0 Å². The molecule has 2 aliphatic heterocycles. The fourth-order valence-electron chi connectivity index (χ4n) is 5.46. The number of rotatable bonds is 7. The number of carboxylic acids is 1. The highest BCUT2D eigenvalue weighted by atomic mass is 19.1. The van der Waals surface area contributed by atoms with Gasteiger partial charge in [0.25, 0.3) is 0 Å². The fraction of sp³-hybridized carbons (Fsp3) is 0.250. The predicted molar refractivity (Wildman–Crippen MR) is 130 cm³/mol. The minimum absolute atomic E-state index is 0.0502. The molecule has 5 rings (SSSR count).